The molecule has 8 heteroatoms. The second kappa shape index (κ2) is 8.45. The van der Waals surface area contributed by atoms with E-state index in [2.05, 4.69) is 5.32 Å². The molecule has 0 saturated carbocycles. The largest absolute Gasteiger partial charge is 0.337 e. The van der Waals surface area contributed by atoms with Crippen molar-refractivity contribution in [2.45, 2.75) is 6.54 Å². The first kappa shape index (κ1) is 19.2. The van der Waals surface area contributed by atoms with E-state index in [0.717, 1.165) is 0 Å². The summed E-state index contributed by atoms with van der Waals surface area (Å²) in [5, 5.41) is 15.7. The lowest BCUT2D eigenvalue weighted by Crippen LogP contribution is -2.26. The maximum Gasteiger partial charge on any atom is 0.274 e. The summed E-state index contributed by atoms with van der Waals surface area (Å²) < 4.78 is 0. The Kier molecular flexibility index (Phi) is 5.81. The molecule has 1 aromatic heterocycles. The van der Waals surface area contributed by atoms with Crippen LogP contribution in [0.5, 0.6) is 0 Å². The highest BCUT2D eigenvalue weighted by Crippen LogP contribution is 2.21. The Bertz CT molecular complexity index is 1020. The smallest absolute Gasteiger partial charge is 0.274 e. The molecule has 0 saturated heterocycles. The van der Waals surface area contributed by atoms with Crippen molar-refractivity contribution in [2.24, 2.45) is 0 Å². The summed E-state index contributed by atoms with van der Waals surface area (Å²) in [5.41, 5.74) is 1.30. The fraction of sp³-hybridized carbons (Fsp3) is 0.100. The highest BCUT2D eigenvalue weighted by Gasteiger charge is 2.18. The Morgan fingerprint density at radius 3 is 2.61 bits per heavy atom. The molecule has 7 nitrogen and oxygen atoms in total. The van der Waals surface area contributed by atoms with E-state index in [-0.39, 0.29) is 24.0 Å². The fourth-order valence-corrected chi connectivity index (χ4v) is 3.32. The summed E-state index contributed by atoms with van der Waals surface area (Å²) >= 11 is 1.33. The number of anilines is 1. The van der Waals surface area contributed by atoms with Gasteiger partial charge < -0.3 is 10.2 Å². The number of nitrogens with zero attached hydrogens (tertiary/aromatic N) is 2. The average molecular weight is 395 g/mol. The number of rotatable bonds is 6. The molecule has 0 spiro atoms. The van der Waals surface area contributed by atoms with Crippen LogP contribution in [0.1, 0.15) is 25.6 Å². The van der Waals surface area contributed by atoms with E-state index in [4.69, 9.17) is 0 Å². The SMILES string of the molecule is CN(Cc1ccccc1[N+](=O)[O-])C(=O)c1cccc(NC(=O)c2cccs2)c1. The highest BCUT2D eigenvalue weighted by atomic mass is 32.1. The fourth-order valence-electron chi connectivity index (χ4n) is 2.70. The lowest BCUT2D eigenvalue weighted by atomic mass is 10.1. The van der Waals surface area contributed by atoms with Crippen molar-refractivity contribution in [1.29, 1.82) is 0 Å². The predicted molar refractivity (Wildman–Crippen MR) is 108 cm³/mol. The number of nitro groups is 1. The molecule has 0 aliphatic rings. The number of thiophene rings is 1. The minimum absolute atomic E-state index is 0.0286. The Morgan fingerprint density at radius 2 is 1.89 bits per heavy atom. The summed E-state index contributed by atoms with van der Waals surface area (Å²) in [6, 6.07) is 16.4. The molecule has 0 unspecified atom stereocenters. The third-order valence-electron chi connectivity index (χ3n) is 4.05. The van der Waals surface area contributed by atoms with Gasteiger partial charge in [-0.1, -0.05) is 30.3 Å². The van der Waals surface area contributed by atoms with E-state index in [1.165, 1.54) is 22.3 Å². The molecule has 28 heavy (non-hydrogen) atoms. The molecule has 3 aromatic rings. The van der Waals surface area contributed by atoms with Crippen molar-refractivity contribution in [1.82, 2.24) is 4.90 Å². The summed E-state index contributed by atoms with van der Waals surface area (Å²) in [7, 11) is 1.58. The molecule has 142 valence electrons. The molecule has 0 radical (unpaired) electrons. The molecule has 2 aromatic carbocycles. The number of nitrogens with one attached hydrogen (secondary N) is 1. The van der Waals surface area contributed by atoms with Gasteiger partial charge in [0.1, 0.15) is 0 Å². The molecule has 2 amide bonds. The van der Waals surface area contributed by atoms with E-state index >= 15 is 0 Å². The maximum atomic E-state index is 12.7. The van der Waals surface area contributed by atoms with Gasteiger partial charge in [-0.05, 0) is 29.6 Å². The Morgan fingerprint density at radius 1 is 1.11 bits per heavy atom. The number of benzene rings is 2. The lowest BCUT2D eigenvalue weighted by Gasteiger charge is -2.18. The Balaban J connectivity index is 1.74. The van der Waals surface area contributed by atoms with Crippen LogP contribution in [0.4, 0.5) is 11.4 Å². The molecule has 0 aliphatic heterocycles. The monoisotopic (exact) mass is 395 g/mol. The first-order valence-corrected chi connectivity index (χ1v) is 9.26. The molecular weight excluding hydrogens is 378 g/mol. The van der Waals surface area contributed by atoms with Crippen molar-refractivity contribution >= 4 is 34.5 Å². The van der Waals surface area contributed by atoms with Crippen LogP contribution in [0.2, 0.25) is 0 Å². The number of nitro benzene ring substituents is 1. The van der Waals surface area contributed by atoms with Gasteiger partial charge in [0.05, 0.1) is 16.3 Å². The van der Waals surface area contributed by atoms with Gasteiger partial charge >= 0.3 is 0 Å². The van der Waals surface area contributed by atoms with Crippen LogP contribution in [0, 0.1) is 10.1 Å². The Labute approximate surface area is 165 Å². The van der Waals surface area contributed by atoms with E-state index in [1.54, 1.807) is 61.6 Å². The third-order valence-corrected chi connectivity index (χ3v) is 4.92. The maximum absolute atomic E-state index is 12.7. The lowest BCUT2D eigenvalue weighted by molar-refractivity contribution is -0.385. The van der Waals surface area contributed by atoms with Crippen LogP contribution >= 0.6 is 11.3 Å². The Hall–Kier alpha value is -3.52. The molecule has 3 rings (SSSR count). The highest BCUT2D eigenvalue weighted by molar-refractivity contribution is 7.12. The van der Waals surface area contributed by atoms with Crippen LogP contribution in [0.25, 0.3) is 0 Å². The summed E-state index contributed by atoms with van der Waals surface area (Å²) in [6.45, 7) is 0.0990. The molecule has 0 bridgehead atoms. The van der Waals surface area contributed by atoms with Gasteiger partial charge in [0.2, 0.25) is 0 Å². The second-order valence-corrected chi connectivity index (χ2v) is 7.01. The first-order chi connectivity index (χ1) is 13.5. The molecular formula is C20H17N3O4S. The topological polar surface area (TPSA) is 92.5 Å². The first-order valence-electron chi connectivity index (χ1n) is 8.38. The zero-order chi connectivity index (χ0) is 20.1. The van der Waals surface area contributed by atoms with Crippen LogP contribution in [-0.2, 0) is 6.54 Å². The summed E-state index contributed by atoms with van der Waals surface area (Å²) in [5.74, 6) is -0.543. The van der Waals surface area contributed by atoms with E-state index in [1.807, 2.05) is 5.38 Å². The molecule has 1 heterocycles. The summed E-state index contributed by atoms with van der Waals surface area (Å²) in [4.78, 5) is 37.6. The van der Waals surface area contributed by atoms with E-state index in [9.17, 15) is 19.7 Å². The quantitative estimate of drug-likeness (QED) is 0.500. The average Bonchev–Trinajstić information content (AvgIpc) is 3.23. The zero-order valence-corrected chi connectivity index (χ0v) is 15.8. The number of para-hydroxylation sites is 1. The molecule has 0 atom stereocenters. The predicted octanol–water partition coefficient (Wildman–Crippen LogP) is 4.18. The number of carbonyl (C=O) groups excluding carboxylic acids is 2. The molecule has 1 N–H and O–H groups in total. The van der Waals surface area contributed by atoms with Crippen LogP contribution in [0.15, 0.2) is 66.0 Å². The van der Waals surface area contributed by atoms with Gasteiger partial charge in [0.15, 0.2) is 0 Å². The van der Waals surface area contributed by atoms with Gasteiger partial charge in [-0.3, -0.25) is 19.7 Å². The van der Waals surface area contributed by atoms with Crippen molar-refractivity contribution in [3.63, 3.8) is 0 Å². The molecule has 0 aliphatic carbocycles. The van der Waals surface area contributed by atoms with Gasteiger partial charge in [-0.2, -0.15) is 0 Å². The van der Waals surface area contributed by atoms with Gasteiger partial charge in [-0.25, -0.2) is 0 Å². The summed E-state index contributed by atoms with van der Waals surface area (Å²) in [6.07, 6.45) is 0. The molecule has 0 fully saturated rings. The number of hydrogen-bond donors (Lipinski definition) is 1. The van der Waals surface area contributed by atoms with Crippen molar-refractivity contribution < 1.29 is 14.5 Å². The minimum atomic E-state index is -0.464. The third kappa shape index (κ3) is 4.41. The number of hydrogen-bond acceptors (Lipinski definition) is 5. The van der Waals surface area contributed by atoms with Gasteiger partial charge in [0, 0.05) is 29.9 Å². The van der Waals surface area contributed by atoms with Crippen molar-refractivity contribution in [3.8, 4) is 0 Å². The number of amides is 2. The van der Waals surface area contributed by atoms with Gasteiger partial charge in [0.25, 0.3) is 17.5 Å². The zero-order valence-electron chi connectivity index (χ0n) is 15.0. The van der Waals surface area contributed by atoms with Crippen molar-refractivity contribution in [3.05, 3.63) is 92.2 Å². The minimum Gasteiger partial charge on any atom is -0.337 e. The van der Waals surface area contributed by atoms with E-state index in [0.29, 0.717) is 21.7 Å². The van der Waals surface area contributed by atoms with Crippen LogP contribution in [-0.4, -0.2) is 28.7 Å². The standard InChI is InChI=1S/C20H17N3O4S/c1-22(13-15-6-2-3-9-17(15)23(26)27)20(25)14-7-4-8-16(12-14)21-19(24)18-10-5-11-28-18/h2-12H,13H2,1H3,(H,21,24). The van der Waals surface area contributed by atoms with Crippen LogP contribution in [0.3, 0.4) is 0 Å². The van der Waals surface area contributed by atoms with Crippen molar-refractivity contribution in [2.75, 3.05) is 12.4 Å². The van der Waals surface area contributed by atoms with Gasteiger partial charge in [-0.15, -0.1) is 11.3 Å². The normalized spacial score (nSPS) is 10.3. The second-order valence-electron chi connectivity index (χ2n) is 6.06. The van der Waals surface area contributed by atoms with E-state index < -0.39 is 4.92 Å². The van der Waals surface area contributed by atoms with Crippen LogP contribution < -0.4 is 5.32 Å². The number of carbonyl (C=O) groups is 2.